The summed E-state index contributed by atoms with van der Waals surface area (Å²) in [5.41, 5.74) is 0.0351. The second-order valence-electron chi connectivity index (χ2n) is 7.86. The van der Waals surface area contributed by atoms with Crippen LogP contribution in [0.15, 0.2) is 24.7 Å². The largest absolute Gasteiger partial charge is 0.444 e. The van der Waals surface area contributed by atoms with Crippen molar-refractivity contribution in [1.82, 2.24) is 25.1 Å². The van der Waals surface area contributed by atoms with E-state index in [9.17, 15) is 9.59 Å². The number of alkyl carbamates (subject to hydrolysis) is 1. The van der Waals surface area contributed by atoms with Gasteiger partial charge in [-0.2, -0.15) is 9.78 Å². The second kappa shape index (κ2) is 8.81. The predicted molar refractivity (Wildman–Crippen MR) is 111 cm³/mol. The molecular formula is C19H26N6O3S. The summed E-state index contributed by atoms with van der Waals surface area (Å²) in [5.74, 6) is 1.46. The summed E-state index contributed by atoms with van der Waals surface area (Å²) in [7, 11) is 0. The van der Waals surface area contributed by atoms with Crippen LogP contribution < -0.4 is 10.6 Å². The quantitative estimate of drug-likeness (QED) is 0.711. The van der Waals surface area contributed by atoms with Crippen molar-refractivity contribution in [2.24, 2.45) is 0 Å². The molecule has 10 heteroatoms. The van der Waals surface area contributed by atoms with Gasteiger partial charge in [-0.25, -0.2) is 14.8 Å². The fourth-order valence-electron chi connectivity index (χ4n) is 2.48. The maximum absolute atomic E-state index is 12.0. The Morgan fingerprint density at radius 1 is 1.31 bits per heavy atom. The van der Waals surface area contributed by atoms with E-state index in [-0.39, 0.29) is 5.91 Å². The molecule has 0 bridgehead atoms. The van der Waals surface area contributed by atoms with Gasteiger partial charge in [0, 0.05) is 5.25 Å². The van der Waals surface area contributed by atoms with Gasteiger partial charge >= 0.3 is 6.09 Å². The van der Waals surface area contributed by atoms with Crippen molar-refractivity contribution in [3.63, 3.8) is 0 Å². The molecule has 0 aliphatic heterocycles. The molecule has 156 valence electrons. The van der Waals surface area contributed by atoms with E-state index in [0.29, 0.717) is 28.3 Å². The van der Waals surface area contributed by atoms with Crippen LogP contribution in [-0.4, -0.2) is 48.4 Å². The number of amides is 2. The van der Waals surface area contributed by atoms with Gasteiger partial charge in [0.1, 0.15) is 11.9 Å². The molecule has 2 aromatic rings. The summed E-state index contributed by atoms with van der Waals surface area (Å²) >= 11 is 1.68. The lowest BCUT2D eigenvalue weighted by Gasteiger charge is -2.21. The Morgan fingerprint density at radius 3 is 2.69 bits per heavy atom. The molecule has 1 fully saturated rings. The molecule has 0 aromatic carbocycles. The van der Waals surface area contributed by atoms with Crippen molar-refractivity contribution < 1.29 is 14.3 Å². The molecule has 2 N–H and O–H groups in total. The molecule has 0 unspecified atom stereocenters. The Balaban J connectivity index is 1.61. The van der Waals surface area contributed by atoms with Crippen molar-refractivity contribution in [2.75, 3.05) is 11.1 Å². The number of carbonyl (C=O) groups excluding carboxylic acids is 2. The van der Waals surface area contributed by atoms with E-state index in [0.717, 1.165) is 0 Å². The van der Waals surface area contributed by atoms with E-state index in [1.807, 2.05) is 0 Å². The molecule has 9 nitrogen and oxygen atoms in total. The Morgan fingerprint density at radius 2 is 2.07 bits per heavy atom. The van der Waals surface area contributed by atoms with Crippen LogP contribution in [0.4, 0.5) is 10.5 Å². The summed E-state index contributed by atoms with van der Waals surface area (Å²) in [6.07, 6.45) is 4.85. The van der Waals surface area contributed by atoms with Crippen LogP contribution in [0, 0.1) is 0 Å². The summed E-state index contributed by atoms with van der Waals surface area (Å²) < 4.78 is 6.82. The van der Waals surface area contributed by atoms with Crippen LogP contribution in [0.2, 0.25) is 0 Å². The minimum atomic E-state index is -0.587. The topological polar surface area (TPSA) is 111 Å². The molecule has 1 aliphatic carbocycles. The molecule has 0 radical (unpaired) electrons. The van der Waals surface area contributed by atoms with Crippen molar-refractivity contribution in [3.8, 4) is 5.82 Å². The standard InChI is InChI=1S/C19H26N6O3S/c1-12(23-18(27)28-19(2,3)4)17-21-11-22-25(17)15-8-5-13(9-20-15)24-16(26)10-29-14-6-7-14/h5,8-9,11-12,14H,6-7,10H2,1-4H3,(H,23,27)(H,24,26)/t12-/m0/s1. The van der Waals surface area contributed by atoms with Gasteiger partial charge in [-0.3, -0.25) is 4.79 Å². The van der Waals surface area contributed by atoms with Gasteiger partial charge in [0.05, 0.1) is 23.7 Å². The summed E-state index contributed by atoms with van der Waals surface area (Å²) in [6, 6.07) is 3.06. The number of hydrogen-bond acceptors (Lipinski definition) is 7. The van der Waals surface area contributed by atoms with Crippen LogP contribution in [0.1, 0.15) is 52.4 Å². The fraction of sp³-hybridized carbons (Fsp3) is 0.526. The molecular weight excluding hydrogens is 392 g/mol. The third kappa shape index (κ3) is 6.45. The van der Waals surface area contributed by atoms with E-state index in [1.165, 1.54) is 23.9 Å². The minimum Gasteiger partial charge on any atom is -0.444 e. The van der Waals surface area contributed by atoms with Gasteiger partial charge in [-0.15, -0.1) is 11.8 Å². The highest BCUT2D eigenvalue weighted by Crippen LogP contribution is 2.33. The average molecular weight is 419 g/mol. The number of pyridine rings is 1. The zero-order valence-corrected chi connectivity index (χ0v) is 17.8. The van der Waals surface area contributed by atoms with Crippen molar-refractivity contribution in [3.05, 3.63) is 30.5 Å². The first-order chi connectivity index (χ1) is 13.7. The van der Waals surface area contributed by atoms with Crippen molar-refractivity contribution in [2.45, 2.75) is 57.4 Å². The number of thioether (sulfide) groups is 1. The van der Waals surface area contributed by atoms with Crippen LogP contribution in [0.3, 0.4) is 0 Å². The third-order valence-electron chi connectivity index (χ3n) is 3.92. The predicted octanol–water partition coefficient (Wildman–Crippen LogP) is 3.08. The number of rotatable bonds is 7. The fourth-order valence-corrected chi connectivity index (χ4v) is 3.41. The number of anilines is 1. The molecule has 1 aliphatic rings. The molecule has 1 atom stereocenters. The van der Waals surface area contributed by atoms with Crippen molar-refractivity contribution in [1.29, 1.82) is 0 Å². The van der Waals surface area contributed by atoms with Gasteiger partial charge in [0.15, 0.2) is 11.6 Å². The number of aromatic nitrogens is 4. The van der Waals surface area contributed by atoms with Gasteiger partial charge in [0.2, 0.25) is 5.91 Å². The molecule has 2 aromatic heterocycles. The number of ether oxygens (including phenoxy) is 1. The lowest BCUT2D eigenvalue weighted by Crippen LogP contribution is -2.35. The van der Waals surface area contributed by atoms with E-state index < -0.39 is 17.7 Å². The van der Waals surface area contributed by atoms with Gasteiger partial charge in [0.25, 0.3) is 0 Å². The SMILES string of the molecule is C[C@H](NC(=O)OC(C)(C)C)c1ncnn1-c1ccc(NC(=O)CSC2CC2)cn1. The zero-order chi connectivity index (χ0) is 21.0. The molecule has 29 heavy (non-hydrogen) atoms. The van der Waals surface area contributed by atoms with E-state index in [1.54, 1.807) is 57.8 Å². The number of hydrogen-bond donors (Lipinski definition) is 2. The van der Waals surface area contributed by atoms with Gasteiger partial charge < -0.3 is 15.4 Å². The summed E-state index contributed by atoms with van der Waals surface area (Å²) in [5, 5.41) is 10.4. The Bertz CT molecular complexity index is 858. The maximum Gasteiger partial charge on any atom is 0.408 e. The zero-order valence-electron chi connectivity index (χ0n) is 17.0. The summed E-state index contributed by atoms with van der Waals surface area (Å²) in [4.78, 5) is 32.6. The van der Waals surface area contributed by atoms with Crippen LogP contribution >= 0.6 is 11.8 Å². The lowest BCUT2D eigenvalue weighted by atomic mass is 10.2. The number of nitrogens with one attached hydrogen (secondary N) is 2. The smallest absolute Gasteiger partial charge is 0.408 e. The molecule has 3 rings (SSSR count). The van der Waals surface area contributed by atoms with Crippen LogP contribution in [-0.2, 0) is 9.53 Å². The summed E-state index contributed by atoms with van der Waals surface area (Å²) in [6.45, 7) is 7.19. The molecule has 0 saturated heterocycles. The highest BCUT2D eigenvalue weighted by Gasteiger charge is 2.23. The van der Waals surface area contributed by atoms with E-state index in [4.69, 9.17) is 4.74 Å². The third-order valence-corrected chi connectivity index (χ3v) is 5.29. The van der Waals surface area contributed by atoms with E-state index in [2.05, 4.69) is 25.7 Å². The molecule has 2 amide bonds. The first-order valence-corrected chi connectivity index (χ1v) is 10.5. The van der Waals surface area contributed by atoms with Gasteiger partial charge in [-0.05, 0) is 52.7 Å². The molecule has 0 spiro atoms. The monoisotopic (exact) mass is 418 g/mol. The Labute approximate surface area is 174 Å². The number of nitrogens with zero attached hydrogens (tertiary/aromatic N) is 4. The van der Waals surface area contributed by atoms with Crippen molar-refractivity contribution >= 4 is 29.4 Å². The first kappa shape index (κ1) is 21.1. The highest BCUT2D eigenvalue weighted by molar-refractivity contribution is 8.00. The Hall–Kier alpha value is -2.62. The normalized spacial score (nSPS) is 14.9. The second-order valence-corrected chi connectivity index (χ2v) is 9.15. The minimum absolute atomic E-state index is 0.0342. The number of carbonyl (C=O) groups is 2. The first-order valence-electron chi connectivity index (χ1n) is 9.48. The maximum atomic E-state index is 12.0. The Kier molecular flexibility index (Phi) is 6.41. The molecule has 2 heterocycles. The molecule has 1 saturated carbocycles. The average Bonchev–Trinajstić information content (AvgIpc) is 3.33. The van der Waals surface area contributed by atoms with Crippen LogP contribution in [0.25, 0.3) is 5.82 Å². The van der Waals surface area contributed by atoms with E-state index >= 15 is 0 Å². The lowest BCUT2D eigenvalue weighted by molar-refractivity contribution is -0.113. The highest BCUT2D eigenvalue weighted by atomic mass is 32.2. The van der Waals surface area contributed by atoms with Gasteiger partial charge in [-0.1, -0.05) is 0 Å². The van der Waals surface area contributed by atoms with Crippen LogP contribution in [0.5, 0.6) is 0 Å².